The van der Waals surface area contributed by atoms with Gasteiger partial charge in [-0.2, -0.15) is 12.7 Å². The molecule has 1 unspecified atom stereocenters. The number of hydrogen-bond donors (Lipinski definition) is 3. The molecule has 78 valence electrons. The molecule has 0 radical (unpaired) electrons. The molecule has 1 atom stereocenters. The lowest BCUT2D eigenvalue weighted by Crippen LogP contribution is -2.47. The Hall–Kier alpha value is -0.860. The number of nitrogens with zero attached hydrogens (tertiary/aromatic N) is 2. The van der Waals surface area contributed by atoms with E-state index in [-0.39, 0.29) is 5.84 Å². The Morgan fingerprint density at radius 1 is 1.69 bits per heavy atom. The highest BCUT2D eigenvalue weighted by molar-refractivity contribution is 7.87. The van der Waals surface area contributed by atoms with Crippen molar-refractivity contribution in [1.29, 1.82) is 0 Å². The third kappa shape index (κ3) is 2.83. The summed E-state index contributed by atoms with van der Waals surface area (Å²) in [5, 5.41) is 11.0. The van der Waals surface area contributed by atoms with Crippen LogP contribution in [-0.2, 0) is 10.2 Å². The lowest BCUT2D eigenvalue weighted by Gasteiger charge is -2.21. The molecule has 0 heterocycles. The summed E-state index contributed by atoms with van der Waals surface area (Å²) in [6, 6.07) is -0.692. The number of rotatable bonds is 4. The van der Waals surface area contributed by atoms with E-state index in [1.54, 1.807) is 0 Å². The van der Waals surface area contributed by atoms with Crippen molar-refractivity contribution in [3.8, 4) is 0 Å². The van der Waals surface area contributed by atoms with E-state index in [1.807, 2.05) is 0 Å². The summed E-state index contributed by atoms with van der Waals surface area (Å²) in [5.41, 5.74) is 5.23. The third-order valence-corrected chi connectivity index (χ3v) is 3.32. The number of likely N-dealkylation sites (N-methyl/N-ethyl adjacent to an activating group) is 1. The summed E-state index contributed by atoms with van der Waals surface area (Å²) < 4.78 is 25.4. The van der Waals surface area contributed by atoms with Crippen LogP contribution in [0.5, 0.6) is 0 Å². The predicted molar refractivity (Wildman–Crippen MR) is 48.6 cm³/mol. The smallest absolute Gasteiger partial charge is 0.279 e. The van der Waals surface area contributed by atoms with Crippen LogP contribution in [-0.4, -0.2) is 43.9 Å². The molecular formula is C5H14N4O3S. The van der Waals surface area contributed by atoms with Gasteiger partial charge in [-0.3, -0.25) is 0 Å². The Morgan fingerprint density at radius 2 is 2.15 bits per heavy atom. The highest BCUT2D eigenvalue weighted by Crippen LogP contribution is 2.00. The molecule has 7 nitrogen and oxygen atoms in total. The Kier molecular flexibility index (Phi) is 4.11. The molecule has 0 saturated heterocycles. The van der Waals surface area contributed by atoms with E-state index in [0.29, 0.717) is 0 Å². The number of nitrogens with one attached hydrogen (secondary N) is 1. The van der Waals surface area contributed by atoms with Gasteiger partial charge in [0.05, 0.1) is 6.04 Å². The van der Waals surface area contributed by atoms with Crippen molar-refractivity contribution in [3.05, 3.63) is 0 Å². The molecule has 13 heavy (non-hydrogen) atoms. The molecular weight excluding hydrogens is 196 g/mol. The maximum absolute atomic E-state index is 11.2. The molecule has 0 fully saturated rings. The SMILES string of the molecule is CNS(=O)(=O)N(C)C(C)C(N)=NO. The highest BCUT2D eigenvalue weighted by Gasteiger charge is 2.24. The van der Waals surface area contributed by atoms with E-state index >= 15 is 0 Å². The quantitative estimate of drug-likeness (QED) is 0.227. The molecule has 0 aliphatic rings. The van der Waals surface area contributed by atoms with Gasteiger partial charge in [-0.05, 0) is 6.92 Å². The summed E-state index contributed by atoms with van der Waals surface area (Å²) in [6.07, 6.45) is 0. The van der Waals surface area contributed by atoms with Crippen molar-refractivity contribution < 1.29 is 13.6 Å². The molecule has 0 aliphatic carbocycles. The zero-order valence-electron chi connectivity index (χ0n) is 7.72. The summed E-state index contributed by atoms with van der Waals surface area (Å²) >= 11 is 0. The van der Waals surface area contributed by atoms with E-state index < -0.39 is 16.3 Å². The van der Waals surface area contributed by atoms with E-state index in [1.165, 1.54) is 21.0 Å². The van der Waals surface area contributed by atoms with E-state index in [0.717, 1.165) is 4.31 Å². The molecule has 8 heteroatoms. The van der Waals surface area contributed by atoms with Crippen LogP contribution < -0.4 is 10.5 Å². The molecule has 0 saturated carbocycles. The zero-order valence-corrected chi connectivity index (χ0v) is 8.54. The topological polar surface area (TPSA) is 108 Å². The molecule has 0 aromatic carbocycles. The number of nitrogens with two attached hydrogens (primary N) is 1. The minimum absolute atomic E-state index is 0.165. The molecule has 0 spiro atoms. The van der Waals surface area contributed by atoms with Gasteiger partial charge in [0.1, 0.15) is 0 Å². The molecule has 0 aliphatic heterocycles. The molecule has 0 aromatic heterocycles. The van der Waals surface area contributed by atoms with Gasteiger partial charge in [-0.1, -0.05) is 5.16 Å². The van der Waals surface area contributed by atoms with Crippen LogP contribution >= 0.6 is 0 Å². The Bertz CT molecular complexity index is 286. The Labute approximate surface area is 77.4 Å². The van der Waals surface area contributed by atoms with Gasteiger partial charge in [0, 0.05) is 14.1 Å². The number of amidine groups is 1. The third-order valence-electron chi connectivity index (χ3n) is 1.73. The largest absolute Gasteiger partial charge is 0.409 e. The maximum atomic E-state index is 11.2. The second-order valence-corrected chi connectivity index (χ2v) is 4.36. The zero-order chi connectivity index (χ0) is 10.6. The van der Waals surface area contributed by atoms with Crippen LogP contribution in [0.2, 0.25) is 0 Å². The fourth-order valence-corrected chi connectivity index (χ4v) is 1.43. The van der Waals surface area contributed by atoms with Crippen molar-refractivity contribution in [2.75, 3.05) is 14.1 Å². The predicted octanol–water partition coefficient (Wildman–Crippen LogP) is -1.48. The fourth-order valence-electron chi connectivity index (χ4n) is 0.622. The van der Waals surface area contributed by atoms with E-state index in [2.05, 4.69) is 9.88 Å². The van der Waals surface area contributed by atoms with Gasteiger partial charge in [0.2, 0.25) is 0 Å². The average molecular weight is 210 g/mol. The van der Waals surface area contributed by atoms with Crippen LogP contribution in [0.25, 0.3) is 0 Å². The summed E-state index contributed by atoms with van der Waals surface area (Å²) in [4.78, 5) is 0. The number of oxime groups is 1. The minimum atomic E-state index is -3.54. The summed E-state index contributed by atoms with van der Waals surface area (Å²) in [7, 11) is -0.931. The first kappa shape index (κ1) is 12.1. The molecule has 0 amide bonds. The van der Waals surface area contributed by atoms with Gasteiger partial charge in [0.15, 0.2) is 5.84 Å². The van der Waals surface area contributed by atoms with Gasteiger partial charge < -0.3 is 10.9 Å². The lowest BCUT2D eigenvalue weighted by atomic mass is 10.3. The highest BCUT2D eigenvalue weighted by atomic mass is 32.2. The number of hydrogen-bond acceptors (Lipinski definition) is 4. The second kappa shape index (κ2) is 4.40. The standard InChI is InChI=1S/C5H14N4O3S/c1-4(5(6)8-10)9(3)13(11,12)7-2/h4,7,10H,1-3H3,(H2,6,8). The van der Waals surface area contributed by atoms with Crippen LogP contribution in [0.4, 0.5) is 0 Å². The summed E-state index contributed by atoms with van der Waals surface area (Å²) in [5.74, 6) is -0.165. The van der Waals surface area contributed by atoms with Gasteiger partial charge >= 0.3 is 0 Å². The van der Waals surface area contributed by atoms with Crippen molar-refractivity contribution in [2.24, 2.45) is 10.9 Å². The van der Waals surface area contributed by atoms with E-state index in [9.17, 15) is 8.42 Å². The van der Waals surface area contributed by atoms with Gasteiger partial charge in [0.25, 0.3) is 10.2 Å². The first-order chi connectivity index (χ1) is 5.86. The van der Waals surface area contributed by atoms with Crippen molar-refractivity contribution in [3.63, 3.8) is 0 Å². The minimum Gasteiger partial charge on any atom is -0.409 e. The average Bonchev–Trinajstić information content (AvgIpc) is 2.14. The van der Waals surface area contributed by atoms with Crippen LogP contribution in [0.1, 0.15) is 6.92 Å². The Balaban J connectivity index is 4.72. The molecule has 4 N–H and O–H groups in total. The Morgan fingerprint density at radius 3 is 2.46 bits per heavy atom. The van der Waals surface area contributed by atoms with Crippen LogP contribution in [0.3, 0.4) is 0 Å². The maximum Gasteiger partial charge on any atom is 0.279 e. The normalized spacial score (nSPS) is 16.2. The monoisotopic (exact) mass is 210 g/mol. The summed E-state index contributed by atoms with van der Waals surface area (Å²) in [6.45, 7) is 1.50. The lowest BCUT2D eigenvalue weighted by molar-refractivity contribution is 0.311. The van der Waals surface area contributed by atoms with Crippen molar-refractivity contribution >= 4 is 16.0 Å². The molecule has 0 rings (SSSR count). The fraction of sp³-hybridized carbons (Fsp3) is 0.800. The molecule has 0 bridgehead atoms. The van der Waals surface area contributed by atoms with Gasteiger partial charge in [-0.25, -0.2) is 4.72 Å². The molecule has 0 aromatic rings. The first-order valence-electron chi connectivity index (χ1n) is 3.50. The van der Waals surface area contributed by atoms with Crippen LogP contribution in [0, 0.1) is 0 Å². The van der Waals surface area contributed by atoms with Crippen molar-refractivity contribution in [2.45, 2.75) is 13.0 Å². The second-order valence-electron chi connectivity index (χ2n) is 2.43. The van der Waals surface area contributed by atoms with Gasteiger partial charge in [-0.15, -0.1) is 0 Å². The van der Waals surface area contributed by atoms with Crippen LogP contribution in [0.15, 0.2) is 5.16 Å². The van der Waals surface area contributed by atoms with E-state index in [4.69, 9.17) is 10.9 Å². The first-order valence-corrected chi connectivity index (χ1v) is 4.94. The van der Waals surface area contributed by atoms with Crippen molar-refractivity contribution in [1.82, 2.24) is 9.03 Å².